The van der Waals surface area contributed by atoms with Crippen LogP contribution in [-0.4, -0.2) is 41.0 Å². The van der Waals surface area contributed by atoms with Crippen LogP contribution in [0.4, 0.5) is 4.79 Å². The van der Waals surface area contributed by atoms with E-state index in [9.17, 15) is 14.4 Å². The van der Waals surface area contributed by atoms with Gasteiger partial charge in [-0.2, -0.15) is 0 Å². The molecule has 0 aliphatic carbocycles. The average Bonchev–Trinajstić information content (AvgIpc) is 2.59. The number of esters is 1. The van der Waals surface area contributed by atoms with Crippen LogP contribution in [0.1, 0.15) is 50.2 Å². The van der Waals surface area contributed by atoms with Crippen LogP contribution < -0.4 is 10.6 Å². The molecule has 0 saturated heterocycles. The van der Waals surface area contributed by atoms with E-state index in [1.165, 1.54) is 35.3 Å². The van der Waals surface area contributed by atoms with E-state index in [4.69, 9.17) is 9.47 Å². The van der Waals surface area contributed by atoms with E-state index in [-0.39, 0.29) is 23.2 Å². The summed E-state index contributed by atoms with van der Waals surface area (Å²) in [4.78, 5) is 42.3. The van der Waals surface area contributed by atoms with E-state index in [0.29, 0.717) is 11.8 Å². The van der Waals surface area contributed by atoms with Crippen LogP contribution in [0, 0.1) is 6.92 Å². The molecule has 27 heavy (non-hydrogen) atoms. The number of hydrogen-bond donors (Lipinski definition) is 0. The molecule has 2 aromatic rings. The van der Waals surface area contributed by atoms with Gasteiger partial charge in [-0.15, -0.1) is 0 Å². The van der Waals surface area contributed by atoms with E-state index in [2.05, 4.69) is 4.98 Å². The third-order valence-electron chi connectivity index (χ3n) is 3.86. The third-order valence-corrected chi connectivity index (χ3v) is 3.86. The number of amides is 1. The van der Waals surface area contributed by atoms with Gasteiger partial charge in [-0.05, 0) is 40.2 Å². The predicted molar refractivity (Wildman–Crippen MR) is 102 cm³/mol. The van der Waals surface area contributed by atoms with Gasteiger partial charge in [-0.25, -0.2) is 19.3 Å². The Bertz CT molecular complexity index is 927. The number of carbonyl (C=O) groups excluding carboxylic acids is 2. The largest absolute Gasteiger partial charge is 0.465 e. The summed E-state index contributed by atoms with van der Waals surface area (Å²) in [5.74, 6) is -0.611. The fourth-order valence-electron chi connectivity index (χ4n) is 2.80. The van der Waals surface area contributed by atoms with Gasteiger partial charge in [0.15, 0.2) is 0 Å². The molecule has 1 amide bonds. The molecule has 8 nitrogen and oxygen atoms in total. The number of methoxy groups -OCH3 is 1. The van der Waals surface area contributed by atoms with Gasteiger partial charge in [-0.1, -0.05) is 6.92 Å². The van der Waals surface area contributed by atoms with Crippen LogP contribution in [0.15, 0.2) is 23.3 Å². The van der Waals surface area contributed by atoms with Gasteiger partial charge in [0.05, 0.1) is 23.8 Å². The SMILES string of the molecule is CCCN(C(=O)OC(C)(C)C)n1c(C)c(C(=O)OC)c2cnccc2c1=O. The maximum Gasteiger partial charge on any atom is 0.429 e. The fourth-order valence-corrected chi connectivity index (χ4v) is 2.80. The lowest BCUT2D eigenvalue weighted by Gasteiger charge is -2.30. The molecule has 0 radical (unpaired) electrons. The maximum absolute atomic E-state index is 13.1. The van der Waals surface area contributed by atoms with E-state index >= 15 is 0 Å². The third kappa shape index (κ3) is 4.10. The number of hydrogen-bond acceptors (Lipinski definition) is 6. The minimum Gasteiger partial charge on any atom is -0.465 e. The molecule has 2 heterocycles. The summed E-state index contributed by atoms with van der Waals surface area (Å²) >= 11 is 0. The van der Waals surface area contributed by atoms with Gasteiger partial charge >= 0.3 is 12.1 Å². The Balaban J connectivity index is 2.80. The molecule has 0 unspecified atom stereocenters. The highest BCUT2D eigenvalue weighted by molar-refractivity contribution is 6.05. The Morgan fingerprint density at radius 2 is 1.93 bits per heavy atom. The second-order valence-electron chi connectivity index (χ2n) is 7.09. The first-order valence-electron chi connectivity index (χ1n) is 8.70. The summed E-state index contributed by atoms with van der Waals surface area (Å²) in [5, 5.41) is 1.86. The van der Waals surface area contributed by atoms with Crippen LogP contribution >= 0.6 is 0 Å². The number of rotatable bonds is 4. The van der Waals surface area contributed by atoms with Crippen LogP contribution in [0.3, 0.4) is 0 Å². The summed E-state index contributed by atoms with van der Waals surface area (Å²) in [6.45, 7) is 8.95. The molecule has 0 aliphatic heterocycles. The highest BCUT2D eigenvalue weighted by Crippen LogP contribution is 2.20. The van der Waals surface area contributed by atoms with Crippen molar-refractivity contribution in [2.75, 3.05) is 18.7 Å². The predicted octanol–water partition coefficient (Wildman–Crippen LogP) is 2.77. The second kappa shape index (κ2) is 7.77. The van der Waals surface area contributed by atoms with Gasteiger partial charge in [-0.3, -0.25) is 9.78 Å². The molecule has 0 aromatic carbocycles. The lowest BCUT2D eigenvalue weighted by Crippen LogP contribution is -2.50. The Hall–Kier alpha value is -2.90. The number of nitrogens with zero attached hydrogens (tertiary/aromatic N) is 3. The van der Waals surface area contributed by atoms with Crippen LogP contribution in [-0.2, 0) is 9.47 Å². The van der Waals surface area contributed by atoms with Crippen molar-refractivity contribution in [3.8, 4) is 0 Å². The molecule has 0 spiro atoms. The van der Waals surface area contributed by atoms with Gasteiger partial charge in [0.2, 0.25) is 0 Å². The van der Waals surface area contributed by atoms with Crippen LogP contribution in [0.25, 0.3) is 10.8 Å². The lowest BCUT2D eigenvalue weighted by molar-refractivity contribution is 0.0528. The topological polar surface area (TPSA) is 90.7 Å². The summed E-state index contributed by atoms with van der Waals surface area (Å²) in [6.07, 6.45) is 2.83. The number of pyridine rings is 2. The number of ether oxygens (including phenoxy) is 2. The van der Waals surface area contributed by atoms with Crippen molar-refractivity contribution >= 4 is 22.8 Å². The zero-order chi connectivity index (χ0) is 20.4. The Kier molecular flexibility index (Phi) is 5.88. The van der Waals surface area contributed by atoms with Crippen molar-refractivity contribution in [3.05, 3.63) is 40.1 Å². The summed E-state index contributed by atoms with van der Waals surface area (Å²) in [5.41, 5.74) is -0.694. The molecular formula is C19H25N3O5. The smallest absolute Gasteiger partial charge is 0.429 e. The quantitative estimate of drug-likeness (QED) is 0.763. The molecular weight excluding hydrogens is 350 g/mol. The fraction of sp³-hybridized carbons (Fsp3) is 0.474. The molecule has 0 saturated carbocycles. The molecule has 2 aromatic heterocycles. The zero-order valence-electron chi connectivity index (χ0n) is 16.5. The van der Waals surface area contributed by atoms with E-state index in [1.54, 1.807) is 27.7 Å². The van der Waals surface area contributed by atoms with E-state index in [0.717, 1.165) is 0 Å². The number of carbonyl (C=O) groups is 2. The monoisotopic (exact) mass is 375 g/mol. The summed E-state index contributed by atoms with van der Waals surface area (Å²) < 4.78 is 11.5. The Morgan fingerprint density at radius 1 is 1.26 bits per heavy atom. The highest BCUT2D eigenvalue weighted by Gasteiger charge is 2.28. The lowest BCUT2D eigenvalue weighted by atomic mass is 10.1. The van der Waals surface area contributed by atoms with Crippen LogP contribution in [0.2, 0.25) is 0 Å². The van der Waals surface area contributed by atoms with Gasteiger partial charge in [0.1, 0.15) is 5.60 Å². The minimum absolute atomic E-state index is 0.185. The first-order chi connectivity index (χ1) is 12.6. The average molecular weight is 375 g/mol. The molecule has 0 aliphatic rings. The van der Waals surface area contributed by atoms with Crippen molar-refractivity contribution in [2.24, 2.45) is 0 Å². The molecule has 0 atom stereocenters. The molecule has 0 bridgehead atoms. The van der Waals surface area contributed by atoms with Gasteiger partial charge in [0.25, 0.3) is 5.56 Å². The molecule has 0 N–H and O–H groups in total. The van der Waals surface area contributed by atoms with Crippen molar-refractivity contribution in [3.63, 3.8) is 0 Å². The zero-order valence-corrected chi connectivity index (χ0v) is 16.5. The molecule has 0 fully saturated rings. The first-order valence-corrected chi connectivity index (χ1v) is 8.70. The molecule has 146 valence electrons. The standard InChI is InChI=1S/C19H25N3O5/c1-7-10-21(18(25)27-19(3,4)5)22-12(2)15(17(24)26-6)14-11-20-9-8-13(14)16(22)23/h8-9,11H,7,10H2,1-6H3. The number of aromatic nitrogens is 2. The Morgan fingerprint density at radius 3 is 2.48 bits per heavy atom. The summed E-state index contributed by atoms with van der Waals surface area (Å²) in [6, 6.07) is 1.51. The highest BCUT2D eigenvalue weighted by atomic mass is 16.6. The number of fused-ring (bicyclic) bond motifs is 1. The van der Waals surface area contributed by atoms with Crippen molar-refractivity contribution in [1.82, 2.24) is 9.66 Å². The van der Waals surface area contributed by atoms with Gasteiger partial charge in [0, 0.05) is 24.3 Å². The van der Waals surface area contributed by atoms with Crippen molar-refractivity contribution in [2.45, 2.75) is 46.6 Å². The Labute approximate surface area is 157 Å². The van der Waals surface area contributed by atoms with Crippen molar-refractivity contribution < 1.29 is 19.1 Å². The molecule has 8 heteroatoms. The summed E-state index contributed by atoms with van der Waals surface area (Å²) in [7, 11) is 1.26. The van der Waals surface area contributed by atoms with Crippen molar-refractivity contribution in [1.29, 1.82) is 0 Å². The second-order valence-corrected chi connectivity index (χ2v) is 7.09. The van der Waals surface area contributed by atoms with E-state index < -0.39 is 23.2 Å². The van der Waals surface area contributed by atoms with Gasteiger partial charge < -0.3 is 9.47 Å². The first kappa shape index (κ1) is 20.4. The normalized spacial score (nSPS) is 11.3. The minimum atomic E-state index is -0.730. The molecule has 2 rings (SSSR count). The van der Waals surface area contributed by atoms with E-state index in [1.807, 2.05) is 6.92 Å². The van der Waals surface area contributed by atoms with Crippen LogP contribution in [0.5, 0.6) is 0 Å². The maximum atomic E-state index is 13.1.